The number of urea groups is 1. The van der Waals surface area contributed by atoms with E-state index in [-0.39, 0.29) is 18.7 Å². The molecule has 1 heterocycles. The Morgan fingerprint density at radius 1 is 1.02 bits per heavy atom. The number of β-amino-alcohol motifs (C(OH)–C–C–N with tert-alkyl or cyclic N) is 1. The van der Waals surface area contributed by atoms with E-state index in [1.165, 1.54) is 17.0 Å². The second kappa shape index (κ2) is 13.7. The third-order valence-electron chi connectivity index (χ3n) is 8.52. The summed E-state index contributed by atoms with van der Waals surface area (Å²) in [6.07, 6.45) is 2.61. The number of aliphatic hydroxyl groups is 1. The number of benzene rings is 3. The van der Waals surface area contributed by atoms with Gasteiger partial charge in [0.25, 0.3) is 0 Å². The number of halogens is 1. The summed E-state index contributed by atoms with van der Waals surface area (Å²) in [5.41, 5.74) is 1.06. The van der Waals surface area contributed by atoms with Crippen molar-refractivity contribution in [2.24, 2.45) is 5.92 Å². The molecule has 3 amide bonds. The molecule has 0 spiro atoms. The summed E-state index contributed by atoms with van der Waals surface area (Å²) in [5.74, 6) is -0.809. The number of hydrogen-bond acceptors (Lipinski definition) is 5. The summed E-state index contributed by atoms with van der Waals surface area (Å²) in [5, 5.41) is 25.5. The van der Waals surface area contributed by atoms with Crippen molar-refractivity contribution in [3.8, 4) is 6.07 Å². The Labute approximate surface area is 271 Å². The van der Waals surface area contributed by atoms with Crippen LogP contribution in [0.4, 0.5) is 20.6 Å². The molecule has 2 aliphatic rings. The van der Waals surface area contributed by atoms with E-state index < -0.39 is 51.2 Å². The molecule has 9 nitrogen and oxygen atoms in total. The molecular formula is C35H40FN5O4S. The molecule has 1 saturated carbocycles. The maximum Gasteiger partial charge on any atom is 0.322 e. The lowest BCUT2D eigenvalue weighted by molar-refractivity contribution is -0.119. The zero-order chi connectivity index (χ0) is 33.1. The van der Waals surface area contributed by atoms with E-state index in [0.717, 1.165) is 19.3 Å². The van der Waals surface area contributed by atoms with Crippen LogP contribution in [-0.4, -0.2) is 49.6 Å². The third-order valence-corrected chi connectivity index (χ3v) is 10.2. The van der Waals surface area contributed by atoms with Crippen molar-refractivity contribution in [3.05, 3.63) is 95.3 Å². The minimum Gasteiger partial charge on any atom is -0.391 e. The molecule has 0 radical (unpaired) electrons. The van der Waals surface area contributed by atoms with Gasteiger partial charge in [0.05, 0.1) is 44.7 Å². The number of hydrogen-bond donors (Lipinski definition) is 4. The first-order valence-corrected chi connectivity index (χ1v) is 16.7. The highest BCUT2D eigenvalue weighted by molar-refractivity contribution is 7.84. The quantitative estimate of drug-likeness (QED) is 0.222. The van der Waals surface area contributed by atoms with Crippen LogP contribution in [0.5, 0.6) is 0 Å². The van der Waals surface area contributed by atoms with Gasteiger partial charge in [0.2, 0.25) is 5.91 Å². The van der Waals surface area contributed by atoms with E-state index in [1.807, 2.05) is 32.9 Å². The molecule has 4 N–H and O–H groups in total. The SMILES string of the molecule is CC(C)(C)[S@@](=O)NC(CCC1CC1)(c1cccc(C#N)c1)c1ccc(F)c(NC(=O)[C@H]2C[C@@H](O)CN2C(=O)Nc2ccccc2)c1. The second-order valence-electron chi connectivity index (χ2n) is 13.1. The molecule has 1 aliphatic heterocycles. The van der Waals surface area contributed by atoms with E-state index in [4.69, 9.17) is 0 Å². The molecule has 0 aromatic heterocycles. The van der Waals surface area contributed by atoms with Gasteiger partial charge in [-0.25, -0.2) is 18.1 Å². The van der Waals surface area contributed by atoms with Crippen LogP contribution in [0, 0.1) is 23.1 Å². The summed E-state index contributed by atoms with van der Waals surface area (Å²) in [4.78, 5) is 28.0. The molecule has 2 fully saturated rings. The number of likely N-dealkylation sites (tertiary alicyclic amines) is 1. The van der Waals surface area contributed by atoms with Crippen LogP contribution in [0.2, 0.25) is 0 Å². The number of carbonyl (C=O) groups excluding carboxylic acids is 2. The normalized spacial score (nSPS) is 20.0. The Morgan fingerprint density at radius 2 is 1.74 bits per heavy atom. The lowest BCUT2D eigenvalue weighted by Gasteiger charge is -2.38. The van der Waals surface area contributed by atoms with Crippen molar-refractivity contribution in [1.82, 2.24) is 9.62 Å². The van der Waals surface area contributed by atoms with Gasteiger partial charge in [0.15, 0.2) is 0 Å². The molecule has 242 valence electrons. The summed E-state index contributed by atoms with van der Waals surface area (Å²) >= 11 is 0. The third kappa shape index (κ3) is 7.64. The van der Waals surface area contributed by atoms with Crippen molar-refractivity contribution in [1.29, 1.82) is 5.26 Å². The second-order valence-corrected chi connectivity index (χ2v) is 15.1. The van der Waals surface area contributed by atoms with Gasteiger partial charge in [0, 0.05) is 18.7 Å². The molecule has 0 bridgehead atoms. The highest BCUT2D eigenvalue weighted by atomic mass is 32.2. The first-order chi connectivity index (χ1) is 21.9. The lowest BCUT2D eigenvalue weighted by Crippen LogP contribution is -2.49. The maximum atomic E-state index is 15.4. The van der Waals surface area contributed by atoms with Gasteiger partial charge in [-0.05, 0) is 87.1 Å². The van der Waals surface area contributed by atoms with Crippen molar-refractivity contribution < 1.29 is 23.3 Å². The zero-order valence-electron chi connectivity index (χ0n) is 26.3. The number of aliphatic hydroxyl groups excluding tert-OH is 1. The maximum absolute atomic E-state index is 15.4. The fourth-order valence-corrected chi connectivity index (χ4v) is 6.68. The Morgan fingerprint density at radius 3 is 2.41 bits per heavy atom. The number of anilines is 2. The van der Waals surface area contributed by atoms with Crippen LogP contribution in [0.3, 0.4) is 0 Å². The molecule has 1 unspecified atom stereocenters. The smallest absolute Gasteiger partial charge is 0.322 e. The summed E-state index contributed by atoms with van der Waals surface area (Å²) in [7, 11) is -1.56. The van der Waals surface area contributed by atoms with Crippen LogP contribution in [0.1, 0.15) is 69.6 Å². The average molecular weight is 646 g/mol. The van der Waals surface area contributed by atoms with Gasteiger partial charge in [-0.1, -0.05) is 49.2 Å². The number of para-hydroxylation sites is 1. The first-order valence-electron chi connectivity index (χ1n) is 15.5. The summed E-state index contributed by atoms with van der Waals surface area (Å²) in [6, 6.07) is 20.8. The standard InChI is InChI=1S/C35H40FN5O4S/c1-34(2,3)46(45)40-35(17-16-23-12-13-23,25-9-7-8-24(18-25)21-37)26-14-15-29(36)30(19-26)39-32(43)31-20-28(42)22-41(31)33(44)38-27-10-5-4-6-11-27/h4-11,14-15,18-19,23,28,31,40,42H,12-13,16-17,20,22H2,1-3H3,(H,38,44)(H,39,43)/t28-,31-,35?,46-/m1/s1. The fraction of sp³-hybridized carbons (Fsp3) is 0.400. The van der Waals surface area contributed by atoms with Crippen LogP contribution in [-0.2, 0) is 21.3 Å². The summed E-state index contributed by atoms with van der Waals surface area (Å²) in [6.45, 7) is 5.53. The van der Waals surface area contributed by atoms with Gasteiger partial charge in [-0.3, -0.25) is 4.79 Å². The predicted molar refractivity (Wildman–Crippen MR) is 177 cm³/mol. The molecule has 3 aromatic carbocycles. The minimum absolute atomic E-state index is 0.00620. The topological polar surface area (TPSA) is 135 Å². The predicted octanol–water partition coefficient (Wildman–Crippen LogP) is 5.79. The molecule has 4 atom stereocenters. The average Bonchev–Trinajstić information content (AvgIpc) is 3.78. The van der Waals surface area contributed by atoms with E-state index in [1.54, 1.807) is 48.5 Å². The van der Waals surface area contributed by atoms with Crippen molar-refractivity contribution in [2.45, 2.75) is 75.3 Å². The Balaban J connectivity index is 1.50. The van der Waals surface area contributed by atoms with Crippen molar-refractivity contribution >= 4 is 34.3 Å². The van der Waals surface area contributed by atoms with Gasteiger partial charge >= 0.3 is 6.03 Å². The Bertz CT molecular complexity index is 1650. The largest absolute Gasteiger partial charge is 0.391 e. The molecular weight excluding hydrogens is 605 g/mol. The van der Waals surface area contributed by atoms with Gasteiger partial charge in [0.1, 0.15) is 11.9 Å². The van der Waals surface area contributed by atoms with Gasteiger partial charge in [-0.15, -0.1) is 0 Å². The van der Waals surface area contributed by atoms with E-state index in [2.05, 4.69) is 21.4 Å². The van der Waals surface area contributed by atoms with E-state index in [0.29, 0.717) is 34.7 Å². The van der Waals surface area contributed by atoms with Crippen LogP contribution < -0.4 is 15.4 Å². The molecule has 11 heteroatoms. The molecule has 46 heavy (non-hydrogen) atoms. The lowest BCUT2D eigenvalue weighted by atomic mass is 9.79. The molecule has 1 saturated heterocycles. The molecule has 1 aliphatic carbocycles. The van der Waals surface area contributed by atoms with Crippen molar-refractivity contribution in [2.75, 3.05) is 17.2 Å². The highest BCUT2D eigenvalue weighted by Crippen LogP contribution is 2.43. The monoisotopic (exact) mass is 645 g/mol. The van der Waals surface area contributed by atoms with E-state index >= 15 is 4.39 Å². The fourth-order valence-electron chi connectivity index (χ4n) is 5.72. The minimum atomic E-state index is -1.56. The number of amides is 3. The van der Waals surface area contributed by atoms with Gasteiger partial charge < -0.3 is 20.6 Å². The zero-order valence-corrected chi connectivity index (χ0v) is 27.1. The summed E-state index contributed by atoms with van der Waals surface area (Å²) < 4.78 is 31.9. The van der Waals surface area contributed by atoms with Crippen LogP contribution >= 0.6 is 0 Å². The number of carbonyl (C=O) groups is 2. The highest BCUT2D eigenvalue weighted by Gasteiger charge is 2.42. The van der Waals surface area contributed by atoms with Crippen LogP contribution in [0.15, 0.2) is 72.8 Å². The first kappa shape index (κ1) is 33.3. The number of nitrogens with zero attached hydrogens (tertiary/aromatic N) is 2. The van der Waals surface area contributed by atoms with Crippen LogP contribution in [0.25, 0.3) is 0 Å². The Kier molecular flexibility index (Phi) is 9.91. The van der Waals surface area contributed by atoms with Crippen molar-refractivity contribution in [3.63, 3.8) is 0 Å². The number of rotatable bonds is 10. The molecule has 5 rings (SSSR count). The molecule has 3 aromatic rings. The number of nitriles is 1. The Hall–Kier alpha value is -4.11. The van der Waals surface area contributed by atoms with Gasteiger partial charge in [-0.2, -0.15) is 5.26 Å². The van der Waals surface area contributed by atoms with E-state index in [9.17, 15) is 24.2 Å². The number of nitrogens with one attached hydrogen (secondary N) is 3.